The van der Waals surface area contributed by atoms with Gasteiger partial charge < -0.3 is 20.7 Å². The van der Waals surface area contributed by atoms with Crippen molar-refractivity contribution < 1.29 is 9.53 Å². The van der Waals surface area contributed by atoms with Crippen molar-refractivity contribution in [2.45, 2.75) is 19.9 Å². The van der Waals surface area contributed by atoms with Crippen molar-refractivity contribution in [1.29, 1.82) is 5.26 Å². The van der Waals surface area contributed by atoms with E-state index in [1.807, 2.05) is 35.4 Å². The van der Waals surface area contributed by atoms with Crippen molar-refractivity contribution in [2.75, 3.05) is 23.9 Å². The molecule has 4 aromatic heterocycles. The lowest BCUT2D eigenvalue weighted by Gasteiger charge is -2.41. The van der Waals surface area contributed by atoms with Crippen LogP contribution in [0.15, 0.2) is 55.0 Å². The van der Waals surface area contributed by atoms with E-state index in [9.17, 15) is 4.79 Å². The monoisotopic (exact) mass is 496 g/mol. The number of carbonyl (C=O) groups excluding carboxylic acids is 1. The normalized spacial score (nSPS) is 16.4. The molecule has 0 unspecified atom stereocenters. The third-order valence-electron chi connectivity index (χ3n) is 6.22. The average Bonchev–Trinajstić information content (AvgIpc) is 3.34. The van der Waals surface area contributed by atoms with Crippen molar-refractivity contribution in [3.05, 3.63) is 66.3 Å². The first-order valence-electron chi connectivity index (χ1n) is 11.4. The zero-order valence-electron chi connectivity index (χ0n) is 20.5. The number of carbonyl (C=O) groups is 1. The molecule has 1 atom stereocenters. The largest absolute Gasteiger partial charge is 0.481 e. The van der Waals surface area contributed by atoms with E-state index in [0.717, 1.165) is 5.56 Å². The van der Waals surface area contributed by atoms with Gasteiger partial charge in [0.25, 0.3) is 5.91 Å². The van der Waals surface area contributed by atoms with Gasteiger partial charge in [-0.15, -0.1) is 10.2 Å². The van der Waals surface area contributed by atoms with Crippen LogP contribution >= 0.6 is 0 Å². The molecule has 0 spiro atoms. The Morgan fingerprint density at radius 3 is 2.68 bits per heavy atom. The molecule has 3 N–H and O–H groups in total. The van der Waals surface area contributed by atoms with Crippen LogP contribution in [0.1, 0.15) is 29.9 Å². The number of pyridine rings is 1. The van der Waals surface area contributed by atoms with Crippen molar-refractivity contribution in [2.24, 2.45) is 11.1 Å². The second kappa shape index (κ2) is 9.19. The molecule has 0 radical (unpaired) electrons. The highest BCUT2D eigenvalue weighted by Crippen LogP contribution is 2.33. The van der Waals surface area contributed by atoms with E-state index in [1.54, 1.807) is 36.0 Å². The number of aromatic nitrogens is 6. The van der Waals surface area contributed by atoms with Gasteiger partial charge in [-0.1, -0.05) is 13.8 Å². The minimum Gasteiger partial charge on any atom is -0.481 e. The molecule has 5 rings (SSSR count). The number of anilines is 2. The number of nitrogens with two attached hydrogens (primary N) is 1. The zero-order chi connectivity index (χ0) is 26.2. The molecular weight excluding hydrogens is 472 g/mol. The third-order valence-corrected chi connectivity index (χ3v) is 6.22. The summed E-state index contributed by atoms with van der Waals surface area (Å²) in [7, 11) is 1.55. The fourth-order valence-electron chi connectivity index (χ4n) is 4.17. The van der Waals surface area contributed by atoms with E-state index in [4.69, 9.17) is 20.8 Å². The first kappa shape index (κ1) is 23.7. The van der Waals surface area contributed by atoms with Crippen LogP contribution in [0.2, 0.25) is 0 Å². The Kier molecular flexibility index (Phi) is 5.88. The molecule has 4 aromatic rings. The van der Waals surface area contributed by atoms with E-state index >= 15 is 0 Å². The summed E-state index contributed by atoms with van der Waals surface area (Å²) in [5.41, 5.74) is 7.82. The molecule has 1 aliphatic rings. The summed E-state index contributed by atoms with van der Waals surface area (Å²) >= 11 is 0. The molecule has 5 heterocycles. The van der Waals surface area contributed by atoms with Gasteiger partial charge in [0, 0.05) is 48.2 Å². The van der Waals surface area contributed by atoms with E-state index in [0.29, 0.717) is 35.4 Å². The molecule has 0 aliphatic carbocycles. The Hall–Kier alpha value is -5.05. The van der Waals surface area contributed by atoms with Crippen LogP contribution < -0.4 is 20.7 Å². The highest BCUT2D eigenvalue weighted by Gasteiger charge is 2.35. The van der Waals surface area contributed by atoms with Gasteiger partial charge in [-0.25, -0.2) is 9.97 Å². The second-order valence-electron chi connectivity index (χ2n) is 9.24. The van der Waals surface area contributed by atoms with Crippen molar-refractivity contribution in [3.63, 3.8) is 0 Å². The van der Waals surface area contributed by atoms with Crippen molar-refractivity contribution in [1.82, 2.24) is 29.8 Å². The van der Waals surface area contributed by atoms with Crippen LogP contribution in [-0.4, -0.2) is 55.4 Å². The topological polar surface area (TPSA) is 160 Å². The summed E-state index contributed by atoms with van der Waals surface area (Å²) in [5.74, 6) is 0.957. The summed E-state index contributed by atoms with van der Waals surface area (Å²) in [5, 5.41) is 25.2. The van der Waals surface area contributed by atoms with Crippen LogP contribution in [-0.2, 0) is 0 Å². The first-order chi connectivity index (χ1) is 17.8. The fourth-order valence-corrected chi connectivity index (χ4v) is 4.17. The Morgan fingerprint density at radius 1 is 1.22 bits per heavy atom. The smallest absolute Gasteiger partial charge is 0.254 e. The van der Waals surface area contributed by atoms with Crippen molar-refractivity contribution >= 4 is 23.2 Å². The predicted octanol–water partition coefficient (Wildman–Crippen LogP) is 2.40. The van der Waals surface area contributed by atoms with Gasteiger partial charge in [0.05, 0.1) is 24.4 Å². The number of nitrogens with zero attached hydrogens (tertiary/aromatic N) is 8. The number of nitriles is 1. The molecule has 0 saturated carbocycles. The molecule has 0 saturated heterocycles. The molecule has 37 heavy (non-hydrogen) atoms. The van der Waals surface area contributed by atoms with Crippen LogP contribution in [0.25, 0.3) is 16.9 Å². The van der Waals surface area contributed by atoms with Gasteiger partial charge in [0.1, 0.15) is 11.9 Å². The lowest BCUT2D eigenvalue weighted by molar-refractivity contribution is 0.1000. The molecule has 186 valence electrons. The Bertz CT molecular complexity index is 1530. The van der Waals surface area contributed by atoms with Crippen LogP contribution in [0.3, 0.4) is 0 Å². The summed E-state index contributed by atoms with van der Waals surface area (Å²) < 4.78 is 6.72. The van der Waals surface area contributed by atoms with Gasteiger partial charge in [-0.05, 0) is 24.3 Å². The Balaban J connectivity index is 1.50. The second-order valence-corrected chi connectivity index (χ2v) is 9.24. The standard InChI is InChI=1S/C25H24N10O2/c1-25(2)14-34(20-6-5-16(11-26)31-32-20)9-8-19(25)30-24-17(23(27)36)13-28-21-10-18(33-35(21)24)15-4-7-22(37-3)29-12-15/h4-10,12-13,19,30H,14H2,1-3H3,(H2,27,36)/t19-/m1/s1. The highest BCUT2D eigenvalue weighted by atomic mass is 16.5. The van der Waals surface area contributed by atoms with Gasteiger partial charge in [-0.2, -0.15) is 14.9 Å². The van der Waals surface area contributed by atoms with Gasteiger partial charge in [0.2, 0.25) is 5.88 Å². The van der Waals surface area contributed by atoms with E-state index in [2.05, 4.69) is 39.3 Å². The average molecular weight is 497 g/mol. The maximum absolute atomic E-state index is 12.3. The fraction of sp³-hybridized carbons (Fsp3) is 0.240. The van der Waals surface area contributed by atoms with Gasteiger partial charge >= 0.3 is 0 Å². The highest BCUT2D eigenvalue weighted by molar-refractivity contribution is 5.98. The number of primary amides is 1. The summed E-state index contributed by atoms with van der Waals surface area (Å²) in [4.78, 5) is 22.9. The van der Waals surface area contributed by atoms with Crippen LogP contribution in [0, 0.1) is 16.7 Å². The molecule has 12 heteroatoms. The molecule has 12 nitrogen and oxygen atoms in total. The number of fused-ring (bicyclic) bond motifs is 1. The quantitative estimate of drug-likeness (QED) is 0.405. The summed E-state index contributed by atoms with van der Waals surface area (Å²) in [6, 6.07) is 10.6. The number of amides is 1. The minimum atomic E-state index is -0.618. The lowest BCUT2D eigenvalue weighted by Crippen LogP contribution is -2.47. The lowest BCUT2D eigenvalue weighted by atomic mass is 9.81. The number of methoxy groups -OCH3 is 1. The SMILES string of the molecule is COc1ccc(-c2cc3ncc(C(N)=O)c(N[C@@H]4C=CN(c5ccc(C#N)nn5)CC4(C)C)n3n2)cn1. The van der Waals surface area contributed by atoms with Gasteiger partial charge in [-0.3, -0.25) is 4.79 Å². The van der Waals surface area contributed by atoms with E-state index in [1.165, 1.54) is 6.20 Å². The third kappa shape index (κ3) is 4.50. The minimum absolute atomic E-state index is 0.186. The number of ether oxygens (including phenoxy) is 1. The molecular formula is C25H24N10O2. The molecule has 1 aliphatic heterocycles. The predicted molar refractivity (Wildman–Crippen MR) is 136 cm³/mol. The van der Waals surface area contributed by atoms with E-state index in [-0.39, 0.29) is 22.7 Å². The maximum atomic E-state index is 12.3. The maximum Gasteiger partial charge on any atom is 0.254 e. The number of hydrogen-bond donors (Lipinski definition) is 2. The zero-order valence-corrected chi connectivity index (χ0v) is 20.5. The van der Waals surface area contributed by atoms with E-state index < -0.39 is 5.91 Å². The summed E-state index contributed by atoms with van der Waals surface area (Å²) in [6.45, 7) is 4.79. The number of nitrogens with one attached hydrogen (secondary N) is 1. The number of hydrogen-bond acceptors (Lipinski definition) is 10. The van der Waals surface area contributed by atoms with Crippen LogP contribution in [0.5, 0.6) is 5.88 Å². The molecule has 0 bridgehead atoms. The van der Waals surface area contributed by atoms with Crippen LogP contribution in [0.4, 0.5) is 11.6 Å². The molecule has 1 amide bonds. The Morgan fingerprint density at radius 2 is 2.05 bits per heavy atom. The number of rotatable bonds is 6. The summed E-state index contributed by atoms with van der Waals surface area (Å²) in [6.07, 6.45) is 7.00. The first-order valence-corrected chi connectivity index (χ1v) is 11.4. The Labute approximate surface area is 212 Å². The van der Waals surface area contributed by atoms with Crippen molar-refractivity contribution in [3.8, 4) is 23.2 Å². The molecule has 0 aromatic carbocycles. The molecule has 0 fully saturated rings. The van der Waals surface area contributed by atoms with Gasteiger partial charge in [0.15, 0.2) is 17.2 Å².